The summed E-state index contributed by atoms with van der Waals surface area (Å²) in [4.78, 5) is 4.72. The summed E-state index contributed by atoms with van der Waals surface area (Å²) in [5.74, 6) is 0.0641. The van der Waals surface area contributed by atoms with Crippen molar-refractivity contribution in [1.82, 2.24) is 19.5 Å². The minimum Gasteiger partial charge on any atom is -0.390 e. The number of alkyl halides is 3. The van der Waals surface area contributed by atoms with Gasteiger partial charge in [-0.2, -0.15) is 18.2 Å². The van der Waals surface area contributed by atoms with Gasteiger partial charge in [-0.25, -0.2) is 9.40 Å². The molecule has 5 N–H and O–H groups in total. The first-order valence-corrected chi connectivity index (χ1v) is 11.3. The Hall–Kier alpha value is -2.47. The van der Waals surface area contributed by atoms with E-state index in [1.165, 1.54) is 18.0 Å². The Bertz CT molecular complexity index is 1130. The number of aromatic amines is 1. The van der Waals surface area contributed by atoms with Crippen LogP contribution in [-0.4, -0.2) is 43.3 Å². The van der Waals surface area contributed by atoms with Crippen LogP contribution in [0.5, 0.6) is 0 Å². The Morgan fingerprint density at radius 1 is 1.21 bits per heavy atom. The van der Waals surface area contributed by atoms with Gasteiger partial charge in [0.05, 0.1) is 16.2 Å². The number of aliphatic hydroxyl groups is 1. The number of nitrogens with two attached hydrogens (primary N) is 1. The van der Waals surface area contributed by atoms with Crippen molar-refractivity contribution >= 4 is 41.1 Å². The number of nitrogen functional groups attached to an aromatic ring is 1. The van der Waals surface area contributed by atoms with Crippen LogP contribution in [0.25, 0.3) is 11.1 Å². The molecule has 1 saturated heterocycles. The van der Waals surface area contributed by atoms with E-state index >= 15 is 0 Å². The molecule has 3 aromatic rings. The van der Waals surface area contributed by atoms with E-state index in [2.05, 4.69) is 24.8 Å². The summed E-state index contributed by atoms with van der Waals surface area (Å²) in [5.41, 5.74) is 4.27. The molecular formula is C21H22ClF3N6OS. The Kier molecular flexibility index (Phi) is 6.50. The van der Waals surface area contributed by atoms with Crippen LogP contribution in [-0.2, 0) is 6.18 Å². The average molecular weight is 499 g/mol. The van der Waals surface area contributed by atoms with Gasteiger partial charge in [0.1, 0.15) is 0 Å². The first-order valence-electron chi connectivity index (χ1n) is 10.1. The van der Waals surface area contributed by atoms with Gasteiger partial charge < -0.3 is 16.2 Å². The Labute approximate surface area is 197 Å². The molecular weight excluding hydrogens is 477 g/mol. The Morgan fingerprint density at radius 2 is 1.88 bits per heavy atom. The van der Waals surface area contributed by atoms with Crippen molar-refractivity contribution in [2.75, 3.05) is 24.1 Å². The van der Waals surface area contributed by atoms with Crippen LogP contribution in [0.1, 0.15) is 25.3 Å². The maximum Gasteiger partial charge on any atom is 0.417 e. The quantitative estimate of drug-likeness (QED) is 0.353. The molecule has 12 heteroatoms. The van der Waals surface area contributed by atoms with Gasteiger partial charge in [-0.05, 0) is 61.5 Å². The highest BCUT2D eigenvalue weighted by Crippen LogP contribution is 2.43. The van der Waals surface area contributed by atoms with Crippen LogP contribution in [0.4, 0.5) is 30.8 Å². The number of nitrogens with one attached hydrogen (secondary N) is 2. The van der Waals surface area contributed by atoms with E-state index in [0.717, 1.165) is 24.1 Å². The zero-order chi connectivity index (χ0) is 23.8. The van der Waals surface area contributed by atoms with Gasteiger partial charge in [0.15, 0.2) is 0 Å². The molecule has 0 amide bonds. The first kappa shape index (κ1) is 23.7. The molecule has 1 fully saturated rings. The highest BCUT2D eigenvalue weighted by Gasteiger charge is 2.35. The fraction of sp³-hybridized carbons (Fsp3) is 0.333. The molecule has 0 unspecified atom stereocenters. The molecule has 0 bridgehead atoms. The minimum absolute atomic E-state index is 0.0316. The van der Waals surface area contributed by atoms with Gasteiger partial charge in [-0.15, -0.1) is 5.10 Å². The summed E-state index contributed by atoms with van der Waals surface area (Å²) in [6, 6.07) is 9.15. The van der Waals surface area contributed by atoms with Crippen LogP contribution in [0.3, 0.4) is 0 Å². The van der Waals surface area contributed by atoms with E-state index in [1.807, 2.05) is 6.92 Å². The fourth-order valence-electron chi connectivity index (χ4n) is 3.55. The van der Waals surface area contributed by atoms with Crippen molar-refractivity contribution in [1.29, 1.82) is 0 Å². The second kappa shape index (κ2) is 9.05. The minimum atomic E-state index is -4.63. The molecule has 1 aliphatic heterocycles. The zero-order valence-corrected chi connectivity index (χ0v) is 19.2. The lowest BCUT2D eigenvalue weighted by Crippen LogP contribution is -2.39. The van der Waals surface area contributed by atoms with Crippen molar-refractivity contribution in [3.8, 4) is 11.1 Å². The molecule has 176 valence electrons. The van der Waals surface area contributed by atoms with Gasteiger partial charge in [0.25, 0.3) is 0 Å². The third-order valence-electron chi connectivity index (χ3n) is 5.33. The third kappa shape index (κ3) is 5.72. The Balaban J connectivity index is 1.58. The van der Waals surface area contributed by atoms with Crippen molar-refractivity contribution in [3.63, 3.8) is 0 Å². The maximum atomic E-state index is 13.9. The van der Waals surface area contributed by atoms with Crippen molar-refractivity contribution < 1.29 is 18.3 Å². The predicted octanol–water partition coefficient (Wildman–Crippen LogP) is 5.32. The molecule has 0 atom stereocenters. The number of piperidine rings is 1. The molecule has 0 saturated carbocycles. The van der Waals surface area contributed by atoms with Crippen molar-refractivity contribution in [2.24, 2.45) is 0 Å². The lowest BCUT2D eigenvalue weighted by Gasteiger charge is -2.34. The van der Waals surface area contributed by atoms with E-state index in [1.54, 1.807) is 24.3 Å². The van der Waals surface area contributed by atoms with Crippen LogP contribution < -0.4 is 11.1 Å². The molecule has 2 aromatic carbocycles. The number of hydrogen-bond acceptors (Lipinski definition) is 7. The molecule has 0 spiro atoms. The monoisotopic (exact) mass is 498 g/mol. The van der Waals surface area contributed by atoms with Gasteiger partial charge in [0, 0.05) is 29.2 Å². The van der Waals surface area contributed by atoms with Crippen LogP contribution >= 0.6 is 23.5 Å². The highest BCUT2D eigenvalue weighted by atomic mass is 35.5. The fourth-order valence-corrected chi connectivity index (χ4v) is 4.80. The Morgan fingerprint density at radius 3 is 2.45 bits per heavy atom. The normalized spacial score (nSPS) is 16.7. The van der Waals surface area contributed by atoms with E-state index in [-0.39, 0.29) is 28.2 Å². The number of benzene rings is 2. The largest absolute Gasteiger partial charge is 0.417 e. The SMILES string of the molecule is CC1(O)CCN(Sc2ccc(-c3c(Cl)cc(Nc4n[nH]c(N)n4)cc3C(F)(F)F)cc2)CC1. The van der Waals surface area contributed by atoms with E-state index in [0.29, 0.717) is 18.4 Å². The van der Waals surface area contributed by atoms with Gasteiger partial charge >= 0.3 is 6.18 Å². The highest BCUT2D eigenvalue weighted by molar-refractivity contribution is 7.97. The number of H-pyrrole nitrogens is 1. The molecule has 4 rings (SSSR count). The summed E-state index contributed by atoms with van der Waals surface area (Å²) in [7, 11) is 0. The molecule has 0 radical (unpaired) electrons. The lowest BCUT2D eigenvalue weighted by molar-refractivity contribution is -0.137. The first-order chi connectivity index (χ1) is 15.5. The standard InChI is InChI=1S/C21H22ClF3N6OS/c1-20(32)6-8-31(9-7-20)33-14-4-2-12(3-5-14)17-15(21(23,24)25)10-13(11-16(17)22)27-19-28-18(26)29-30-19/h2-5,10-11,32H,6-9H2,1H3,(H4,26,27,28,29,30). The maximum absolute atomic E-state index is 13.9. The average Bonchev–Trinajstić information content (AvgIpc) is 3.14. The van der Waals surface area contributed by atoms with E-state index in [9.17, 15) is 18.3 Å². The van der Waals surface area contributed by atoms with Crippen LogP contribution in [0.15, 0.2) is 41.3 Å². The smallest absolute Gasteiger partial charge is 0.390 e. The van der Waals surface area contributed by atoms with E-state index < -0.39 is 17.3 Å². The molecule has 0 aliphatic carbocycles. The van der Waals surface area contributed by atoms with Gasteiger partial charge in [-0.1, -0.05) is 23.7 Å². The number of rotatable bonds is 5. The molecule has 7 nitrogen and oxygen atoms in total. The number of anilines is 3. The summed E-state index contributed by atoms with van der Waals surface area (Å²) in [6.45, 7) is 3.29. The molecule has 2 heterocycles. The summed E-state index contributed by atoms with van der Waals surface area (Å²) in [6.07, 6.45) is -3.29. The molecule has 33 heavy (non-hydrogen) atoms. The zero-order valence-electron chi connectivity index (χ0n) is 17.6. The summed E-state index contributed by atoms with van der Waals surface area (Å²) >= 11 is 7.84. The number of hydrogen-bond donors (Lipinski definition) is 4. The summed E-state index contributed by atoms with van der Waals surface area (Å²) in [5, 5.41) is 18.9. The topological polar surface area (TPSA) is 103 Å². The van der Waals surface area contributed by atoms with Gasteiger partial charge in [0.2, 0.25) is 11.9 Å². The van der Waals surface area contributed by atoms with Crippen molar-refractivity contribution in [2.45, 2.75) is 36.4 Å². The third-order valence-corrected chi connectivity index (χ3v) is 6.74. The summed E-state index contributed by atoms with van der Waals surface area (Å²) < 4.78 is 43.9. The van der Waals surface area contributed by atoms with E-state index in [4.69, 9.17) is 17.3 Å². The number of nitrogens with zero attached hydrogens (tertiary/aromatic N) is 3. The van der Waals surface area contributed by atoms with Crippen molar-refractivity contribution in [3.05, 3.63) is 47.0 Å². The van der Waals surface area contributed by atoms with Crippen LogP contribution in [0.2, 0.25) is 5.02 Å². The lowest BCUT2D eigenvalue weighted by atomic mass is 9.95. The van der Waals surface area contributed by atoms with Gasteiger partial charge in [-0.3, -0.25) is 0 Å². The second-order valence-corrected chi connectivity index (χ2v) is 9.67. The second-order valence-electron chi connectivity index (χ2n) is 8.09. The molecule has 1 aromatic heterocycles. The molecule has 1 aliphatic rings. The predicted molar refractivity (Wildman–Crippen MR) is 123 cm³/mol. The van der Waals surface area contributed by atoms with Crippen LogP contribution in [0, 0.1) is 0 Å². The number of aromatic nitrogens is 3. The number of halogens is 4.